The molecule has 0 atom stereocenters. The Labute approximate surface area is 119 Å². The molecule has 0 bridgehead atoms. The van der Waals surface area contributed by atoms with Crippen molar-refractivity contribution in [2.75, 3.05) is 6.26 Å². The Morgan fingerprint density at radius 2 is 2.05 bits per heavy atom. The van der Waals surface area contributed by atoms with Crippen LogP contribution in [0.2, 0.25) is 0 Å². The number of H-pyrrole nitrogens is 1. The minimum Gasteiger partial charge on any atom is -0.342 e. The van der Waals surface area contributed by atoms with E-state index in [9.17, 15) is 8.42 Å². The number of hydrogen-bond donors (Lipinski definition) is 1. The largest absolute Gasteiger partial charge is 0.342 e. The fourth-order valence-electron chi connectivity index (χ4n) is 3.11. The van der Waals surface area contributed by atoms with E-state index in [0.717, 1.165) is 30.1 Å². The predicted molar refractivity (Wildman–Crippen MR) is 79.5 cm³/mol. The first-order valence-corrected chi connectivity index (χ1v) is 9.11. The molecule has 1 aromatic carbocycles. The highest BCUT2D eigenvalue weighted by Crippen LogP contribution is 2.29. The van der Waals surface area contributed by atoms with Crippen molar-refractivity contribution < 1.29 is 8.42 Å². The number of rotatable bonds is 4. The molecule has 0 amide bonds. The first-order chi connectivity index (χ1) is 9.54. The van der Waals surface area contributed by atoms with Crippen LogP contribution in [0.3, 0.4) is 0 Å². The molecule has 0 saturated heterocycles. The lowest BCUT2D eigenvalue weighted by atomic mass is 10.0. The molecule has 3 rings (SSSR count). The van der Waals surface area contributed by atoms with E-state index in [-0.39, 0.29) is 0 Å². The highest BCUT2D eigenvalue weighted by atomic mass is 32.2. The molecule has 1 aromatic heterocycles. The molecular weight excluding hydrogens is 272 g/mol. The molecule has 4 nitrogen and oxygen atoms in total. The number of hydrogen-bond acceptors (Lipinski definition) is 3. The van der Waals surface area contributed by atoms with Gasteiger partial charge in [0.25, 0.3) is 0 Å². The molecule has 108 valence electrons. The highest BCUT2D eigenvalue weighted by Gasteiger charge is 2.17. The maximum Gasteiger partial charge on any atom is 0.177 e. The van der Waals surface area contributed by atoms with Crippen LogP contribution in [0.1, 0.15) is 37.9 Å². The third-order valence-electron chi connectivity index (χ3n) is 4.19. The number of para-hydroxylation sites is 1. The van der Waals surface area contributed by atoms with Crippen LogP contribution in [0.4, 0.5) is 0 Å². The topological polar surface area (TPSA) is 62.8 Å². The second kappa shape index (κ2) is 5.20. The second-order valence-corrected chi connectivity index (χ2v) is 7.78. The number of imidazole rings is 1. The fourth-order valence-corrected chi connectivity index (χ4v) is 3.95. The fraction of sp³-hybridized carbons (Fsp3) is 0.533. The van der Waals surface area contributed by atoms with Crippen LogP contribution >= 0.6 is 0 Å². The van der Waals surface area contributed by atoms with Gasteiger partial charge >= 0.3 is 0 Å². The molecular formula is C15H20N2O2S. The summed E-state index contributed by atoms with van der Waals surface area (Å²) in [6, 6.07) is 5.27. The quantitative estimate of drug-likeness (QED) is 0.942. The first-order valence-electron chi connectivity index (χ1n) is 7.22. The average Bonchev–Trinajstić information content (AvgIpc) is 3.03. The van der Waals surface area contributed by atoms with Crippen LogP contribution in [-0.2, 0) is 16.3 Å². The van der Waals surface area contributed by atoms with Gasteiger partial charge in [0, 0.05) is 12.7 Å². The lowest BCUT2D eigenvalue weighted by Crippen LogP contribution is -1.98. The van der Waals surface area contributed by atoms with E-state index in [0.29, 0.717) is 10.4 Å². The highest BCUT2D eigenvalue weighted by molar-refractivity contribution is 7.91. The summed E-state index contributed by atoms with van der Waals surface area (Å²) in [6.45, 7) is 0. The normalized spacial score (nSPS) is 17.1. The molecule has 20 heavy (non-hydrogen) atoms. The average molecular weight is 292 g/mol. The molecule has 1 aliphatic carbocycles. The van der Waals surface area contributed by atoms with Gasteiger partial charge in [-0.2, -0.15) is 0 Å². The van der Waals surface area contributed by atoms with Crippen LogP contribution in [0.5, 0.6) is 0 Å². The molecule has 0 aliphatic heterocycles. The summed E-state index contributed by atoms with van der Waals surface area (Å²) >= 11 is 0. The number of aromatic amines is 1. The Morgan fingerprint density at radius 3 is 2.75 bits per heavy atom. The van der Waals surface area contributed by atoms with Crippen LogP contribution in [0.15, 0.2) is 23.1 Å². The maximum absolute atomic E-state index is 11.8. The minimum absolute atomic E-state index is 0.318. The van der Waals surface area contributed by atoms with Gasteiger partial charge in [0.05, 0.1) is 10.4 Å². The summed E-state index contributed by atoms with van der Waals surface area (Å²) in [7, 11) is -3.23. The molecule has 2 aromatic rings. The van der Waals surface area contributed by atoms with Crippen molar-refractivity contribution in [1.29, 1.82) is 0 Å². The summed E-state index contributed by atoms with van der Waals surface area (Å²) in [5.41, 5.74) is 1.39. The third kappa shape index (κ3) is 2.73. The maximum atomic E-state index is 11.8. The van der Waals surface area contributed by atoms with Crippen LogP contribution in [0, 0.1) is 5.92 Å². The molecule has 0 spiro atoms. The Bertz CT molecular complexity index is 713. The van der Waals surface area contributed by atoms with E-state index in [4.69, 9.17) is 0 Å². The lowest BCUT2D eigenvalue weighted by Gasteiger charge is -2.05. The second-order valence-electron chi connectivity index (χ2n) is 5.80. The zero-order valence-corrected chi connectivity index (χ0v) is 12.5. The van der Waals surface area contributed by atoms with E-state index in [1.54, 1.807) is 12.1 Å². The summed E-state index contributed by atoms with van der Waals surface area (Å²) in [5, 5.41) is 0. The number of aryl methyl sites for hydroxylation is 1. The van der Waals surface area contributed by atoms with Crippen molar-refractivity contribution in [3.05, 3.63) is 24.0 Å². The summed E-state index contributed by atoms with van der Waals surface area (Å²) in [4.78, 5) is 8.08. The SMILES string of the molecule is CS(=O)(=O)c1cccc2[nH]c(CCC3CCCC3)nc12. The molecule has 0 unspecified atom stereocenters. The summed E-state index contributed by atoms with van der Waals surface area (Å²) in [6.07, 6.45) is 8.64. The first kappa shape index (κ1) is 13.6. The van der Waals surface area contributed by atoms with Crippen LogP contribution in [0.25, 0.3) is 11.0 Å². The number of sulfone groups is 1. The van der Waals surface area contributed by atoms with Crippen molar-refractivity contribution in [3.8, 4) is 0 Å². The Hall–Kier alpha value is -1.36. The molecule has 1 fully saturated rings. The minimum atomic E-state index is -3.23. The number of fused-ring (bicyclic) bond motifs is 1. The van der Waals surface area contributed by atoms with E-state index >= 15 is 0 Å². The Kier molecular flexibility index (Phi) is 3.54. The number of benzene rings is 1. The number of nitrogens with zero attached hydrogens (tertiary/aromatic N) is 1. The van der Waals surface area contributed by atoms with Gasteiger partial charge in [0.1, 0.15) is 11.3 Å². The molecule has 1 N–H and O–H groups in total. The van der Waals surface area contributed by atoms with Crippen molar-refractivity contribution >= 4 is 20.9 Å². The molecule has 5 heteroatoms. The zero-order valence-electron chi connectivity index (χ0n) is 11.7. The summed E-state index contributed by atoms with van der Waals surface area (Å²) < 4.78 is 23.5. The van der Waals surface area contributed by atoms with Gasteiger partial charge in [0.15, 0.2) is 9.84 Å². The zero-order chi connectivity index (χ0) is 14.2. The lowest BCUT2D eigenvalue weighted by molar-refractivity contribution is 0.498. The van der Waals surface area contributed by atoms with Gasteiger partial charge in [-0.25, -0.2) is 13.4 Å². The Morgan fingerprint density at radius 1 is 1.30 bits per heavy atom. The van der Waals surface area contributed by atoms with Gasteiger partial charge in [0.2, 0.25) is 0 Å². The Balaban J connectivity index is 1.86. The van der Waals surface area contributed by atoms with Crippen molar-refractivity contribution in [3.63, 3.8) is 0 Å². The third-order valence-corrected chi connectivity index (χ3v) is 5.32. The number of nitrogens with one attached hydrogen (secondary N) is 1. The van der Waals surface area contributed by atoms with E-state index < -0.39 is 9.84 Å². The van der Waals surface area contributed by atoms with E-state index in [1.807, 2.05) is 6.07 Å². The monoisotopic (exact) mass is 292 g/mol. The van der Waals surface area contributed by atoms with Gasteiger partial charge in [-0.05, 0) is 24.5 Å². The van der Waals surface area contributed by atoms with Crippen LogP contribution < -0.4 is 0 Å². The van der Waals surface area contributed by atoms with E-state index in [1.165, 1.54) is 31.9 Å². The number of aromatic nitrogens is 2. The molecule has 1 aliphatic rings. The van der Waals surface area contributed by atoms with Crippen molar-refractivity contribution in [2.45, 2.75) is 43.4 Å². The summed E-state index contributed by atoms with van der Waals surface area (Å²) in [5.74, 6) is 1.72. The van der Waals surface area contributed by atoms with Gasteiger partial charge in [-0.15, -0.1) is 0 Å². The van der Waals surface area contributed by atoms with Crippen molar-refractivity contribution in [1.82, 2.24) is 9.97 Å². The smallest absolute Gasteiger partial charge is 0.177 e. The van der Waals surface area contributed by atoms with Crippen LogP contribution in [-0.4, -0.2) is 24.6 Å². The predicted octanol–water partition coefficient (Wildman–Crippen LogP) is 3.09. The molecule has 1 heterocycles. The standard InChI is InChI=1S/C15H20N2O2S/c1-20(18,19)13-8-4-7-12-15(13)17-14(16-12)10-9-11-5-2-3-6-11/h4,7-8,11H,2-3,5-6,9-10H2,1H3,(H,16,17). The molecule has 0 radical (unpaired) electrons. The van der Waals surface area contributed by atoms with E-state index in [2.05, 4.69) is 9.97 Å². The van der Waals surface area contributed by atoms with Gasteiger partial charge in [-0.1, -0.05) is 31.7 Å². The van der Waals surface area contributed by atoms with Crippen molar-refractivity contribution in [2.24, 2.45) is 5.92 Å². The van der Waals surface area contributed by atoms with Gasteiger partial charge in [-0.3, -0.25) is 0 Å². The van der Waals surface area contributed by atoms with Gasteiger partial charge < -0.3 is 4.98 Å². The molecule has 1 saturated carbocycles.